The third kappa shape index (κ3) is 4.63. The molecule has 2 rings (SSSR count). The lowest BCUT2D eigenvalue weighted by molar-refractivity contribution is 0.0211. The van der Waals surface area contributed by atoms with Gasteiger partial charge in [0.2, 0.25) is 0 Å². The van der Waals surface area contributed by atoms with Crippen molar-refractivity contribution in [2.24, 2.45) is 17.8 Å². The highest BCUT2D eigenvalue weighted by Crippen LogP contribution is 2.41. The number of allylic oxidation sites excluding steroid dienone is 1. The van der Waals surface area contributed by atoms with Crippen LogP contribution >= 0.6 is 0 Å². The molecule has 0 spiro atoms. The van der Waals surface area contributed by atoms with Crippen LogP contribution in [0, 0.1) is 17.8 Å². The summed E-state index contributed by atoms with van der Waals surface area (Å²) >= 11 is 0. The van der Waals surface area contributed by atoms with Gasteiger partial charge in [-0.25, -0.2) is 0 Å². The third-order valence-corrected chi connectivity index (χ3v) is 5.52. The second-order valence-electron chi connectivity index (χ2n) is 6.63. The number of rotatable bonds is 5. The van der Waals surface area contributed by atoms with Gasteiger partial charge >= 0.3 is 0 Å². The predicted molar refractivity (Wildman–Crippen MR) is 82.3 cm³/mol. The lowest BCUT2D eigenvalue weighted by atomic mass is 9.70. The molecule has 2 saturated carbocycles. The molecule has 0 aromatic heterocycles. The highest BCUT2D eigenvalue weighted by molar-refractivity contribution is 4.83. The molecule has 0 amide bonds. The van der Waals surface area contributed by atoms with Crippen molar-refractivity contribution in [2.45, 2.75) is 77.7 Å². The maximum absolute atomic E-state index is 5.91. The van der Waals surface area contributed by atoms with E-state index in [0.717, 1.165) is 24.4 Å². The fraction of sp³-hybridized carbons (Fsp3) is 0.889. The Morgan fingerprint density at radius 1 is 0.895 bits per heavy atom. The molecule has 0 atom stereocenters. The van der Waals surface area contributed by atoms with E-state index in [4.69, 9.17) is 4.74 Å². The van der Waals surface area contributed by atoms with Crippen molar-refractivity contribution in [3.63, 3.8) is 0 Å². The van der Waals surface area contributed by atoms with Crippen molar-refractivity contribution in [1.82, 2.24) is 0 Å². The zero-order chi connectivity index (χ0) is 13.5. The smallest absolute Gasteiger partial charge is 0.0651 e. The summed E-state index contributed by atoms with van der Waals surface area (Å²) in [5.41, 5.74) is 0. The Morgan fingerprint density at radius 2 is 1.47 bits per heavy atom. The summed E-state index contributed by atoms with van der Waals surface area (Å²) in [7, 11) is 0. The largest absolute Gasteiger partial charge is 0.374 e. The highest BCUT2D eigenvalue weighted by Gasteiger charge is 2.30. The van der Waals surface area contributed by atoms with Crippen LogP contribution in [0.5, 0.6) is 0 Å². The van der Waals surface area contributed by atoms with E-state index in [1.165, 1.54) is 57.8 Å². The summed E-state index contributed by atoms with van der Waals surface area (Å²) in [6, 6.07) is 0. The van der Waals surface area contributed by atoms with Gasteiger partial charge in [0.05, 0.1) is 12.7 Å². The first-order valence-corrected chi connectivity index (χ1v) is 8.56. The molecular weight excluding hydrogens is 232 g/mol. The van der Waals surface area contributed by atoms with Gasteiger partial charge in [-0.3, -0.25) is 0 Å². The molecule has 0 aromatic carbocycles. The maximum atomic E-state index is 5.91. The van der Waals surface area contributed by atoms with Crippen molar-refractivity contribution < 1.29 is 4.74 Å². The molecule has 0 aromatic rings. The minimum atomic E-state index is 0.541. The van der Waals surface area contributed by atoms with Crippen molar-refractivity contribution >= 4 is 0 Å². The van der Waals surface area contributed by atoms with Gasteiger partial charge in [0.1, 0.15) is 0 Å². The van der Waals surface area contributed by atoms with Gasteiger partial charge in [-0.15, -0.1) is 0 Å². The molecule has 19 heavy (non-hydrogen) atoms. The molecule has 0 heterocycles. The summed E-state index contributed by atoms with van der Waals surface area (Å²) in [4.78, 5) is 0. The molecular formula is C18H32O. The first-order chi connectivity index (χ1) is 9.33. The van der Waals surface area contributed by atoms with E-state index in [0.29, 0.717) is 6.10 Å². The van der Waals surface area contributed by atoms with E-state index in [-0.39, 0.29) is 0 Å². The van der Waals surface area contributed by atoms with Gasteiger partial charge in [0.15, 0.2) is 0 Å². The summed E-state index contributed by atoms with van der Waals surface area (Å²) in [6.45, 7) is 5.23. The molecule has 0 N–H and O–H groups in total. The first-order valence-electron chi connectivity index (χ1n) is 8.56. The Kier molecular flexibility index (Phi) is 6.43. The van der Waals surface area contributed by atoms with Crippen LogP contribution in [0.25, 0.3) is 0 Å². The average Bonchev–Trinajstić information content (AvgIpc) is 2.48. The molecule has 1 heteroatoms. The quantitative estimate of drug-likeness (QED) is 0.608. The monoisotopic (exact) mass is 264 g/mol. The van der Waals surface area contributed by atoms with E-state index in [1.54, 1.807) is 0 Å². The Morgan fingerprint density at radius 3 is 2.00 bits per heavy atom. The van der Waals surface area contributed by atoms with Crippen LogP contribution in [-0.2, 0) is 4.74 Å². The van der Waals surface area contributed by atoms with Crippen molar-refractivity contribution in [3.05, 3.63) is 12.2 Å². The van der Waals surface area contributed by atoms with Crippen LogP contribution in [0.1, 0.15) is 71.6 Å². The summed E-state index contributed by atoms with van der Waals surface area (Å²) in [5, 5.41) is 0. The van der Waals surface area contributed by atoms with E-state index in [9.17, 15) is 0 Å². The summed E-state index contributed by atoms with van der Waals surface area (Å²) in [6.07, 6.45) is 17.6. The normalized spacial score (nSPS) is 36.7. The summed E-state index contributed by atoms with van der Waals surface area (Å²) < 4.78 is 5.91. The zero-order valence-corrected chi connectivity index (χ0v) is 12.9. The standard InChI is InChI=1S/C18H32O/c1-3-5-14-19-18-12-10-17(11-13-18)16-8-6-15(4-2)7-9-16/h3,5,15-18H,4,6-14H2,1-2H3. The molecule has 2 fully saturated rings. The van der Waals surface area contributed by atoms with E-state index < -0.39 is 0 Å². The Hall–Kier alpha value is -0.300. The first kappa shape index (κ1) is 15.1. The number of hydrogen-bond acceptors (Lipinski definition) is 1. The minimum absolute atomic E-state index is 0.541. The SMILES string of the molecule is CC=CCOC1CCC(C2CCC(CC)CC2)CC1. The van der Waals surface area contributed by atoms with Gasteiger partial charge in [-0.2, -0.15) is 0 Å². The Labute approximate surface area is 119 Å². The molecule has 1 nitrogen and oxygen atoms in total. The van der Waals surface area contributed by atoms with E-state index >= 15 is 0 Å². The van der Waals surface area contributed by atoms with E-state index in [1.807, 2.05) is 0 Å². The van der Waals surface area contributed by atoms with Crippen LogP contribution in [0.4, 0.5) is 0 Å². The fourth-order valence-corrected chi connectivity index (χ4v) is 4.08. The van der Waals surface area contributed by atoms with E-state index in [2.05, 4.69) is 26.0 Å². The Balaban J connectivity index is 1.66. The number of ether oxygens (including phenoxy) is 1. The maximum Gasteiger partial charge on any atom is 0.0651 e. The number of hydrogen-bond donors (Lipinski definition) is 0. The second kappa shape index (κ2) is 8.09. The molecule has 0 aliphatic heterocycles. The van der Waals surface area contributed by atoms with Crippen LogP contribution < -0.4 is 0 Å². The van der Waals surface area contributed by atoms with Gasteiger partial charge in [-0.1, -0.05) is 38.3 Å². The lowest BCUT2D eigenvalue weighted by Gasteiger charge is -2.37. The van der Waals surface area contributed by atoms with Crippen LogP contribution in [0.15, 0.2) is 12.2 Å². The molecule has 0 bridgehead atoms. The average molecular weight is 264 g/mol. The second-order valence-corrected chi connectivity index (χ2v) is 6.63. The van der Waals surface area contributed by atoms with Crippen molar-refractivity contribution in [3.8, 4) is 0 Å². The van der Waals surface area contributed by atoms with Crippen LogP contribution in [0.2, 0.25) is 0 Å². The molecule has 0 saturated heterocycles. The Bertz CT molecular complexity index is 255. The molecule has 2 aliphatic rings. The van der Waals surface area contributed by atoms with Gasteiger partial charge in [0, 0.05) is 0 Å². The lowest BCUT2D eigenvalue weighted by Crippen LogP contribution is -2.28. The fourth-order valence-electron chi connectivity index (χ4n) is 4.08. The van der Waals surface area contributed by atoms with Crippen LogP contribution in [-0.4, -0.2) is 12.7 Å². The van der Waals surface area contributed by atoms with Gasteiger partial charge in [0.25, 0.3) is 0 Å². The highest BCUT2D eigenvalue weighted by atomic mass is 16.5. The van der Waals surface area contributed by atoms with Crippen molar-refractivity contribution in [2.75, 3.05) is 6.61 Å². The minimum Gasteiger partial charge on any atom is -0.374 e. The molecule has 2 aliphatic carbocycles. The predicted octanol–water partition coefficient (Wildman–Crippen LogP) is 5.35. The third-order valence-electron chi connectivity index (χ3n) is 5.52. The van der Waals surface area contributed by atoms with Crippen LogP contribution in [0.3, 0.4) is 0 Å². The summed E-state index contributed by atoms with van der Waals surface area (Å²) in [5.74, 6) is 3.09. The van der Waals surface area contributed by atoms with Gasteiger partial charge in [-0.05, 0) is 63.2 Å². The molecule has 110 valence electrons. The van der Waals surface area contributed by atoms with Gasteiger partial charge < -0.3 is 4.74 Å². The zero-order valence-electron chi connectivity index (χ0n) is 12.9. The van der Waals surface area contributed by atoms with Crippen molar-refractivity contribution in [1.29, 1.82) is 0 Å². The molecule has 0 radical (unpaired) electrons. The topological polar surface area (TPSA) is 9.23 Å². The molecule has 0 unspecified atom stereocenters.